The van der Waals surface area contributed by atoms with E-state index in [1.165, 1.54) is 29.2 Å². The summed E-state index contributed by atoms with van der Waals surface area (Å²) in [6.45, 7) is 0. The topological polar surface area (TPSA) is 101 Å². The van der Waals surface area contributed by atoms with Gasteiger partial charge in [0.25, 0.3) is 17.4 Å². The monoisotopic (exact) mass is 544 g/mol. The normalized spacial score (nSPS) is 16.8. The molecular formula is C30H19F3N2O5. The summed E-state index contributed by atoms with van der Waals surface area (Å²) >= 11 is 0. The van der Waals surface area contributed by atoms with E-state index in [1.54, 1.807) is 18.2 Å². The molecule has 1 saturated heterocycles. The molecule has 0 radical (unpaired) electrons. The summed E-state index contributed by atoms with van der Waals surface area (Å²) in [4.78, 5) is 38.5. The molecule has 0 spiro atoms. The Morgan fingerprint density at radius 1 is 0.825 bits per heavy atom. The fourth-order valence-corrected chi connectivity index (χ4v) is 4.63. The second-order valence-corrected chi connectivity index (χ2v) is 9.01. The predicted octanol–water partition coefficient (Wildman–Crippen LogP) is 6.91. The maximum absolute atomic E-state index is 13.4. The van der Waals surface area contributed by atoms with Gasteiger partial charge in [-0.15, -0.1) is 0 Å². The molecule has 10 heteroatoms. The van der Waals surface area contributed by atoms with E-state index >= 15 is 0 Å². The van der Waals surface area contributed by atoms with E-state index in [-0.39, 0.29) is 22.4 Å². The number of ketones is 1. The number of hydrogen-bond donors (Lipinski definition) is 1. The largest absolute Gasteiger partial charge is 0.507 e. The molecule has 5 rings (SSSR count). The number of aliphatic hydroxyl groups is 1. The van der Waals surface area contributed by atoms with Crippen molar-refractivity contribution in [2.75, 3.05) is 4.90 Å². The van der Waals surface area contributed by atoms with Gasteiger partial charge in [-0.2, -0.15) is 13.2 Å². The van der Waals surface area contributed by atoms with E-state index in [0.717, 1.165) is 35.4 Å². The minimum Gasteiger partial charge on any atom is -0.507 e. The Balaban J connectivity index is 1.67. The molecule has 4 aromatic rings. The van der Waals surface area contributed by atoms with Gasteiger partial charge in [-0.1, -0.05) is 54.6 Å². The second kappa shape index (κ2) is 10.1. The minimum absolute atomic E-state index is 0.101. The standard InChI is InChI=1S/C30H19F3N2O5/c31-30(32,33)22-13-9-20(10-14-22)27(36)25-26(19-11-15-23(16-12-19)35(39)40)34(29(38)28(25)37)24-8-4-7-21(17-24)18-5-2-1-3-6-18/h1-17,26,36H/b27-25-. The van der Waals surface area contributed by atoms with Crippen LogP contribution in [0.15, 0.2) is 109 Å². The third-order valence-corrected chi connectivity index (χ3v) is 6.58. The zero-order valence-corrected chi connectivity index (χ0v) is 20.5. The number of nitro benzene ring substituents is 1. The number of anilines is 1. The van der Waals surface area contributed by atoms with Crippen LogP contribution in [0.4, 0.5) is 24.5 Å². The molecule has 1 aliphatic rings. The number of hydrogen-bond acceptors (Lipinski definition) is 5. The van der Waals surface area contributed by atoms with Gasteiger partial charge in [0.05, 0.1) is 22.1 Å². The lowest BCUT2D eigenvalue weighted by Gasteiger charge is -2.26. The van der Waals surface area contributed by atoms with Gasteiger partial charge in [0.1, 0.15) is 5.76 Å². The average Bonchev–Trinajstić information content (AvgIpc) is 3.22. The van der Waals surface area contributed by atoms with Crippen molar-refractivity contribution in [2.24, 2.45) is 0 Å². The van der Waals surface area contributed by atoms with E-state index in [0.29, 0.717) is 5.69 Å². The number of benzene rings is 4. The van der Waals surface area contributed by atoms with Gasteiger partial charge in [0.15, 0.2) is 0 Å². The van der Waals surface area contributed by atoms with Crippen molar-refractivity contribution in [3.05, 3.63) is 136 Å². The van der Waals surface area contributed by atoms with Crippen LogP contribution in [0.1, 0.15) is 22.7 Å². The molecule has 40 heavy (non-hydrogen) atoms. The van der Waals surface area contributed by atoms with Gasteiger partial charge in [-0.25, -0.2) is 0 Å². The summed E-state index contributed by atoms with van der Waals surface area (Å²) in [5.41, 5.74) is 0.549. The van der Waals surface area contributed by atoms with E-state index in [9.17, 15) is 38.0 Å². The van der Waals surface area contributed by atoms with E-state index < -0.39 is 40.2 Å². The van der Waals surface area contributed by atoms with Gasteiger partial charge in [0, 0.05) is 23.4 Å². The lowest BCUT2D eigenvalue weighted by molar-refractivity contribution is -0.384. The van der Waals surface area contributed by atoms with Crippen LogP contribution in [0.3, 0.4) is 0 Å². The molecule has 0 bridgehead atoms. The average molecular weight is 544 g/mol. The maximum atomic E-state index is 13.4. The Bertz CT molecular complexity index is 1650. The number of non-ortho nitro benzene ring substituents is 1. The highest BCUT2D eigenvalue weighted by Gasteiger charge is 2.47. The Hall–Kier alpha value is -5.25. The second-order valence-electron chi connectivity index (χ2n) is 9.01. The smallest absolute Gasteiger partial charge is 0.416 e. The van der Waals surface area contributed by atoms with Crippen molar-refractivity contribution < 1.29 is 32.8 Å². The zero-order valence-electron chi connectivity index (χ0n) is 20.5. The quantitative estimate of drug-likeness (QED) is 0.0968. The summed E-state index contributed by atoms with van der Waals surface area (Å²) in [6, 6.07) is 23.5. The number of carbonyl (C=O) groups is 2. The van der Waals surface area contributed by atoms with Gasteiger partial charge >= 0.3 is 6.18 Å². The third kappa shape index (κ3) is 4.82. The highest BCUT2D eigenvalue weighted by Crippen LogP contribution is 2.43. The molecule has 1 heterocycles. The van der Waals surface area contributed by atoms with Crippen LogP contribution in [0, 0.1) is 10.1 Å². The number of rotatable bonds is 5. The molecule has 200 valence electrons. The fraction of sp³-hybridized carbons (Fsp3) is 0.0667. The molecule has 1 amide bonds. The lowest BCUT2D eigenvalue weighted by Crippen LogP contribution is -2.29. The molecule has 0 aromatic heterocycles. The molecule has 1 unspecified atom stereocenters. The number of nitro groups is 1. The third-order valence-electron chi connectivity index (χ3n) is 6.58. The van der Waals surface area contributed by atoms with Crippen molar-refractivity contribution >= 4 is 28.8 Å². The van der Waals surface area contributed by atoms with Crippen LogP contribution in [0.25, 0.3) is 16.9 Å². The number of alkyl halides is 3. The van der Waals surface area contributed by atoms with E-state index in [2.05, 4.69) is 0 Å². The first-order valence-electron chi connectivity index (χ1n) is 11.9. The minimum atomic E-state index is -4.61. The molecule has 0 aliphatic carbocycles. The number of amides is 1. The SMILES string of the molecule is O=C1C(=O)N(c2cccc(-c3ccccc3)c2)C(c2ccc([N+](=O)[O-])cc2)/C1=C(/O)c1ccc(C(F)(F)F)cc1. The molecule has 1 atom stereocenters. The number of halogens is 3. The predicted molar refractivity (Wildman–Crippen MR) is 141 cm³/mol. The Kier molecular flexibility index (Phi) is 6.68. The van der Waals surface area contributed by atoms with Crippen molar-refractivity contribution in [1.29, 1.82) is 0 Å². The van der Waals surface area contributed by atoms with Crippen molar-refractivity contribution in [1.82, 2.24) is 0 Å². The summed E-state index contributed by atoms with van der Waals surface area (Å²) in [7, 11) is 0. The number of carbonyl (C=O) groups excluding carboxylic acids is 2. The summed E-state index contributed by atoms with van der Waals surface area (Å²) in [5.74, 6) is -2.69. The van der Waals surface area contributed by atoms with Gasteiger partial charge in [-0.05, 0) is 53.1 Å². The fourth-order valence-electron chi connectivity index (χ4n) is 4.63. The van der Waals surface area contributed by atoms with Crippen LogP contribution in [-0.4, -0.2) is 21.7 Å². The van der Waals surface area contributed by atoms with Crippen LogP contribution in [0.5, 0.6) is 0 Å². The van der Waals surface area contributed by atoms with Gasteiger partial charge in [0.2, 0.25) is 0 Å². The number of Topliss-reactive ketones (excluding diaryl/α,β-unsaturated/α-hetero) is 1. The molecule has 1 fully saturated rings. The molecular weight excluding hydrogens is 525 g/mol. The molecule has 7 nitrogen and oxygen atoms in total. The molecule has 0 saturated carbocycles. The highest BCUT2D eigenvalue weighted by molar-refractivity contribution is 6.51. The Morgan fingerprint density at radius 2 is 1.45 bits per heavy atom. The number of aliphatic hydroxyl groups excluding tert-OH is 1. The van der Waals surface area contributed by atoms with Gasteiger partial charge in [-0.3, -0.25) is 24.6 Å². The zero-order chi connectivity index (χ0) is 28.6. The van der Waals surface area contributed by atoms with Crippen molar-refractivity contribution in [2.45, 2.75) is 12.2 Å². The first-order chi connectivity index (χ1) is 19.1. The van der Waals surface area contributed by atoms with Crippen LogP contribution in [-0.2, 0) is 15.8 Å². The van der Waals surface area contributed by atoms with Crippen LogP contribution < -0.4 is 4.90 Å². The summed E-state index contributed by atoms with van der Waals surface area (Å²) < 4.78 is 39.2. The maximum Gasteiger partial charge on any atom is 0.416 e. The number of nitrogens with zero attached hydrogens (tertiary/aromatic N) is 2. The molecule has 1 N–H and O–H groups in total. The van der Waals surface area contributed by atoms with Crippen molar-refractivity contribution in [3.63, 3.8) is 0 Å². The first-order valence-corrected chi connectivity index (χ1v) is 11.9. The van der Waals surface area contributed by atoms with Gasteiger partial charge < -0.3 is 5.11 Å². The van der Waals surface area contributed by atoms with E-state index in [4.69, 9.17) is 0 Å². The summed E-state index contributed by atoms with van der Waals surface area (Å²) in [5, 5.41) is 22.4. The molecule has 4 aromatic carbocycles. The van der Waals surface area contributed by atoms with E-state index in [1.807, 2.05) is 36.4 Å². The Labute approximate surface area is 225 Å². The van der Waals surface area contributed by atoms with Crippen LogP contribution >= 0.6 is 0 Å². The lowest BCUT2D eigenvalue weighted by atomic mass is 9.94. The Morgan fingerprint density at radius 3 is 2.05 bits per heavy atom. The van der Waals surface area contributed by atoms with Crippen LogP contribution in [0.2, 0.25) is 0 Å². The first kappa shape index (κ1) is 26.4. The molecule has 1 aliphatic heterocycles. The highest BCUT2D eigenvalue weighted by atomic mass is 19.4. The van der Waals surface area contributed by atoms with Crippen molar-refractivity contribution in [3.8, 4) is 11.1 Å². The summed E-state index contributed by atoms with van der Waals surface area (Å²) in [6.07, 6.45) is -4.61.